The van der Waals surface area contributed by atoms with Crippen molar-refractivity contribution in [2.45, 2.75) is 102 Å². The Bertz CT molecular complexity index is 532. The fourth-order valence-corrected chi connectivity index (χ4v) is 5.10. The van der Waals surface area contributed by atoms with E-state index in [-0.39, 0.29) is 54.6 Å². The van der Waals surface area contributed by atoms with E-state index in [9.17, 15) is 4.57 Å². The van der Waals surface area contributed by atoms with E-state index < -0.39 is 13.7 Å². The first-order chi connectivity index (χ1) is 13.0. The normalized spacial score (nSPS) is 38.4. The Labute approximate surface area is 175 Å². The monoisotopic (exact) mass is 440 g/mol. The fraction of sp³-hybridized carbons (Fsp3) is 1.00. The van der Waals surface area contributed by atoms with Gasteiger partial charge in [0, 0.05) is 13.1 Å². The average molecular weight is 441 g/mol. The maximum Gasteiger partial charge on any atom is 0.328 e. The lowest BCUT2D eigenvalue weighted by molar-refractivity contribution is -0.0654. The summed E-state index contributed by atoms with van der Waals surface area (Å²) in [6.07, 6.45) is -0.236. The van der Waals surface area contributed by atoms with Crippen LogP contribution in [0.1, 0.15) is 48.0 Å². The molecule has 28 heavy (non-hydrogen) atoms. The van der Waals surface area contributed by atoms with Crippen molar-refractivity contribution >= 4 is 20.2 Å². The van der Waals surface area contributed by atoms with Gasteiger partial charge in [-0.1, -0.05) is 0 Å². The van der Waals surface area contributed by atoms with Gasteiger partial charge in [0.15, 0.2) is 0 Å². The Morgan fingerprint density at radius 2 is 1.75 bits per heavy atom. The van der Waals surface area contributed by atoms with Crippen LogP contribution >= 0.6 is 20.2 Å². The van der Waals surface area contributed by atoms with E-state index in [0.29, 0.717) is 6.61 Å². The highest BCUT2D eigenvalue weighted by molar-refractivity contribution is 7.81. The summed E-state index contributed by atoms with van der Waals surface area (Å²) in [5.41, 5.74) is 0. The Morgan fingerprint density at radius 1 is 1.07 bits per heavy atom. The molecule has 166 valence electrons. The van der Waals surface area contributed by atoms with Crippen LogP contribution in [0.4, 0.5) is 0 Å². The summed E-state index contributed by atoms with van der Waals surface area (Å²) >= 11 is 4.59. The summed E-state index contributed by atoms with van der Waals surface area (Å²) in [7, 11) is -3.34. The quantitative estimate of drug-likeness (QED) is 0.410. The van der Waals surface area contributed by atoms with Crippen molar-refractivity contribution in [3.05, 3.63) is 0 Å². The molecular weight excluding hydrogens is 403 g/mol. The van der Waals surface area contributed by atoms with Gasteiger partial charge >= 0.3 is 7.60 Å². The van der Waals surface area contributed by atoms with E-state index in [1.54, 1.807) is 0 Å². The summed E-state index contributed by atoms with van der Waals surface area (Å²) in [6.45, 7) is 13.8. The fourth-order valence-electron chi connectivity index (χ4n) is 3.49. The molecule has 0 aromatic rings. The summed E-state index contributed by atoms with van der Waals surface area (Å²) in [4.78, 5) is 0. The third-order valence-corrected chi connectivity index (χ3v) is 6.74. The molecule has 2 fully saturated rings. The molecule has 2 heterocycles. The molecule has 2 aliphatic rings. The molecule has 3 unspecified atom stereocenters. The van der Waals surface area contributed by atoms with E-state index in [4.69, 9.17) is 28.0 Å². The average Bonchev–Trinajstić information content (AvgIpc) is 3.04. The molecule has 0 radical (unpaired) electrons. The van der Waals surface area contributed by atoms with Gasteiger partial charge in [0.2, 0.25) is 0 Å². The van der Waals surface area contributed by atoms with Gasteiger partial charge in [-0.05, 0) is 41.5 Å². The van der Waals surface area contributed by atoms with E-state index in [1.807, 2.05) is 41.5 Å². The number of ether oxygens (including phenoxy) is 4. The molecule has 2 aliphatic heterocycles. The minimum Gasteiger partial charge on any atom is -0.376 e. The molecule has 0 bridgehead atoms. The zero-order valence-corrected chi connectivity index (χ0v) is 19.9. The van der Waals surface area contributed by atoms with Crippen LogP contribution in [-0.2, 0) is 32.6 Å². The summed E-state index contributed by atoms with van der Waals surface area (Å²) < 4.78 is 47.9. The van der Waals surface area contributed by atoms with Gasteiger partial charge < -0.3 is 28.0 Å². The van der Waals surface area contributed by atoms with E-state index in [1.165, 1.54) is 6.66 Å². The smallest absolute Gasteiger partial charge is 0.328 e. The molecular formula is C19H37O7PS. The third kappa shape index (κ3) is 7.24. The minimum absolute atomic E-state index is 0.0719. The third-order valence-electron chi connectivity index (χ3n) is 4.79. The number of hydrogen-bond donors (Lipinski definition) is 1. The topological polar surface area (TPSA) is 72.5 Å². The van der Waals surface area contributed by atoms with Crippen LogP contribution in [0.3, 0.4) is 0 Å². The van der Waals surface area contributed by atoms with Crippen molar-refractivity contribution in [2.75, 3.05) is 19.9 Å². The molecule has 9 heteroatoms. The molecule has 0 N–H and O–H groups in total. The highest BCUT2D eigenvalue weighted by Crippen LogP contribution is 2.49. The van der Waals surface area contributed by atoms with Crippen molar-refractivity contribution in [1.29, 1.82) is 0 Å². The Balaban J connectivity index is 1.93. The minimum atomic E-state index is -3.34. The number of rotatable bonds is 10. The van der Waals surface area contributed by atoms with Gasteiger partial charge in [-0.15, -0.1) is 0 Å². The molecule has 0 aromatic heterocycles. The molecule has 8 atom stereocenters. The van der Waals surface area contributed by atoms with Crippen LogP contribution in [0, 0.1) is 0 Å². The van der Waals surface area contributed by atoms with Crippen LogP contribution in [0.5, 0.6) is 0 Å². The molecule has 2 saturated heterocycles. The van der Waals surface area contributed by atoms with Crippen molar-refractivity contribution in [2.24, 2.45) is 0 Å². The van der Waals surface area contributed by atoms with Gasteiger partial charge in [0.05, 0.1) is 49.0 Å². The highest BCUT2D eigenvalue weighted by Gasteiger charge is 2.45. The van der Waals surface area contributed by atoms with Gasteiger partial charge in [-0.3, -0.25) is 4.57 Å². The highest BCUT2D eigenvalue weighted by atomic mass is 32.1. The first-order valence-electron chi connectivity index (χ1n) is 10.1. The maximum atomic E-state index is 13.0. The van der Waals surface area contributed by atoms with Crippen LogP contribution < -0.4 is 0 Å². The molecule has 0 aromatic carbocycles. The molecule has 0 amide bonds. The standard InChI is InChI=1S/C19H37O7PS/c1-11(2)21-9-17-18(19(28)14(6)25-17)26-27(7,20)22-10-16-15(23-12(3)4)8-13(5)24-16/h11-19,28H,8-10H2,1-7H3/t13-,14-,15?,16+,17+,18-,19?,27?/m0/s1. The number of hydrogen-bond acceptors (Lipinski definition) is 8. The van der Waals surface area contributed by atoms with Crippen LogP contribution in [0.25, 0.3) is 0 Å². The predicted octanol–water partition coefficient (Wildman–Crippen LogP) is 3.69. The lowest BCUT2D eigenvalue weighted by Gasteiger charge is -2.27. The van der Waals surface area contributed by atoms with Crippen molar-refractivity contribution in [1.82, 2.24) is 0 Å². The molecule has 0 aliphatic carbocycles. The van der Waals surface area contributed by atoms with E-state index in [2.05, 4.69) is 12.6 Å². The molecule has 7 nitrogen and oxygen atoms in total. The first kappa shape index (κ1) is 24.6. The maximum absolute atomic E-state index is 13.0. The van der Waals surface area contributed by atoms with Crippen molar-refractivity contribution in [3.8, 4) is 0 Å². The lowest BCUT2D eigenvalue weighted by Crippen LogP contribution is -2.35. The van der Waals surface area contributed by atoms with Crippen LogP contribution in [0.15, 0.2) is 0 Å². The summed E-state index contributed by atoms with van der Waals surface area (Å²) in [6, 6.07) is 0. The second-order valence-corrected chi connectivity index (χ2v) is 10.9. The second-order valence-electron chi connectivity index (χ2n) is 8.33. The lowest BCUT2D eigenvalue weighted by atomic mass is 10.1. The van der Waals surface area contributed by atoms with E-state index >= 15 is 0 Å². The zero-order valence-electron chi connectivity index (χ0n) is 18.1. The Hall–Kier alpha value is 0.340. The summed E-state index contributed by atoms with van der Waals surface area (Å²) in [5, 5.41) is -0.211. The second kappa shape index (κ2) is 10.6. The first-order valence-corrected chi connectivity index (χ1v) is 12.7. The van der Waals surface area contributed by atoms with Gasteiger partial charge in [-0.25, -0.2) is 0 Å². The summed E-state index contributed by atoms with van der Waals surface area (Å²) in [5.74, 6) is 0. The van der Waals surface area contributed by atoms with Gasteiger partial charge in [0.25, 0.3) is 0 Å². The Kier molecular flexibility index (Phi) is 9.30. The predicted molar refractivity (Wildman–Crippen MR) is 112 cm³/mol. The van der Waals surface area contributed by atoms with E-state index in [0.717, 1.165) is 6.42 Å². The van der Waals surface area contributed by atoms with Crippen LogP contribution in [0.2, 0.25) is 0 Å². The Morgan fingerprint density at radius 3 is 2.36 bits per heavy atom. The van der Waals surface area contributed by atoms with Crippen molar-refractivity contribution in [3.63, 3.8) is 0 Å². The van der Waals surface area contributed by atoms with Gasteiger partial charge in [0.1, 0.15) is 18.3 Å². The number of thiol groups is 1. The molecule has 2 rings (SSSR count). The van der Waals surface area contributed by atoms with Gasteiger partial charge in [-0.2, -0.15) is 12.6 Å². The molecule has 0 spiro atoms. The zero-order chi connectivity index (χ0) is 21.1. The largest absolute Gasteiger partial charge is 0.376 e. The van der Waals surface area contributed by atoms with Crippen LogP contribution in [-0.4, -0.2) is 74.0 Å². The molecule has 0 saturated carbocycles. The SMILES string of the molecule is CC(C)OC[C@H]1O[C@@H](C)C(S)[C@H]1OP(C)(=O)OC[C@H]1O[C@@H](C)CC1OC(C)C. The van der Waals surface area contributed by atoms with Crippen molar-refractivity contribution < 1.29 is 32.6 Å².